The first-order chi connectivity index (χ1) is 12.1. The molecule has 1 N–H and O–H groups in total. The van der Waals surface area contributed by atoms with Gasteiger partial charge in [-0.15, -0.1) is 5.10 Å². The average molecular weight is 333 g/mol. The van der Waals surface area contributed by atoms with Crippen LogP contribution in [-0.2, 0) is 7.05 Å². The zero-order chi connectivity index (χ0) is 17.4. The number of carbonyl (C=O) groups excluding carboxylic acids is 1. The third kappa shape index (κ3) is 2.87. The van der Waals surface area contributed by atoms with Crippen molar-refractivity contribution >= 4 is 22.7 Å². The minimum absolute atomic E-state index is 0.0482. The van der Waals surface area contributed by atoms with Crippen LogP contribution < -0.4 is 5.32 Å². The number of anilines is 1. The highest BCUT2D eigenvalue weighted by Crippen LogP contribution is 2.21. The second-order valence-corrected chi connectivity index (χ2v) is 5.72. The quantitative estimate of drug-likeness (QED) is 0.622. The monoisotopic (exact) mass is 333 g/mol. The molecule has 0 saturated heterocycles. The Balaban J connectivity index is 1.57. The summed E-state index contributed by atoms with van der Waals surface area (Å²) in [7, 11) is 1.79. The lowest BCUT2D eigenvalue weighted by atomic mass is 10.1. The van der Waals surface area contributed by atoms with Crippen LogP contribution in [0.2, 0.25) is 0 Å². The number of nitrogens with zero attached hydrogens (tertiary/aromatic N) is 4. The van der Waals surface area contributed by atoms with E-state index >= 15 is 0 Å². The molecule has 7 nitrogen and oxygen atoms in total. The Morgan fingerprint density at radius 3 is 2.64 bits per heavy atom. The largest absolute Gasteiger partial charge is 0.401 e. The minimum Gasteiger partial charge on any atom is -0.401 e. The van der Waals surface area contributed by atoms with Gasteiger partial charge in [0.25, 0.3) is 11.8 Å². The summed E-state index contributed by atoms with van der Waals surface area (Å²) in [6.07, 6.45) is 0. The number of carbonyl (C=O) groups is 1. The molecule has 2 aromatic carbocycles. The molecule has 2 heterocycles. The predicted molar refractivity (Wildman–Crippen MR) is 93.1 cm³/mol. The van der Waals surface area contributed by atoms with E-state index in [2.05, 4.69) is 20.6 Å². The number of fused-ring (bicyclic) bond motifs is 1. The van der Waals surface area contributed by atoms with Gasteiger partial charge in [0.2, 0.25) is 0 Å². The van der Waals surface area contributed by atoms with E-state index in [0.717, 1.165) is 16.5 Å². The maximum Gasteiger partial charge on any atom is 0.322 e. The van der Waals surface area contributed by atoms with E-state index in [1.165, 1.54) is 0 Å². The molecule has 4 rings (SSSR count). The normalized spacial score (nSPS) is 11.0. The number of hydrogen-bond donors (Lipinski definition) is 1. The smallest absolute Gasteiger partial charge is 0.322 e. The van der Waals surface area contributed by atoms with E-state index in [9.17, 15) is 4.79 Å². The molecule has 0 aliphatic rings. The lowest BCUT2D eigenvalue weighted by molar-refractivity contribution is 0.102. The first kappa shape index (κ1) is 15.1. The summed E-state index contributed by atoms with van der Waals surface area (Å²) in [6.45, 7) is 1.88. The number of benzene rings is 2. The molecular formula is C18H15N5O2. The maximum absolute atomic E-state index is 12.4. The van der Waals surface area contributed by atoms with E-state index < -0.39 is 0 Å². The van der Waals surface area contributed by atoms with E-state index in [4.69, 9.17) is 4.42 Å². The number of hydrogen-bond acceptors (Lipinski definition) is 5. The standard InChI is InChI=1S/C18H15N5O2/c1-11-9-15(23(2)22-11)17-20-21-18(25-17)19-16(24)14-8-7-12-5-3-4-6-13(12)10-14/h3-10H,1-2H3,(H,19,21,24). The minimum atomic E-state index is -0.304. The van der Waals surface area contributed by atoms with Crippen molar-refractivity contribution in [3.8, 4) is 11.6 Å². The molecule has 0 fully saturated rings. The highest BCUT2D eigenvalue weighted by Gasteiger charge is 2.15. The maximum atomic E-state index is 12.4. The van der Waals surface area contributed by atoms with Crippen molar-refractivity contribution in [1.82, 2.24) is 20.0 Å². The number of amides is 1. The Morgan fingerprint density at radius 1 is 1.08 bits per heavy atom. The molecule has 0 saturated carbocycles. The summed E-state index contributed by atoms with van der Waals surface area (Å²) in [5, 5.41) is 16.8. The number of nitrogens with one attached hydrogen (secondary N) is 1. The van der Waals surface area contributed by atoms with Crippen LogP contribution >= 0.6 is 0 Å². The van der Waals surface area contributed by atoms with Crippen molar-refractivity contribution in [1.29, 1.82) is 0 Å². The van der Waals surface area contributed by atoms with E-state index in [0.29, 0.717) is 17.1 Å². The molecule has 0 radical (unpaired) electrons. The molecule has 0 bridgehead atoms. The van der Waals surface area contributed by atoms with Crippen molar-refractivity contribution in [3.63, 3.8) is 0 Å². The van der Waals surface area contributed by atoms with Crippen LogP contribution in [0.3, 0.4) is 0 Å². The fourth-order valence-electron chi connectivity index (χ4n) is 2.69. The number of aryl methyl sites for hydroxylation is 2. The Kier molecular flexibility index (Phi) is 3.53. The Labute approximate surface area is 143 Å². The first-order valence-corrected chi connectivity index (χ1v) is 7.75. The average Bonchev–Trinajstić information content (AvgIpc) is 3.20. The number of aromatic nitrogens is 4. The molecule has 25 heavy (non-hydrogen) atoms. The molecular weight excluding hydrogens is 318 g/mol. The van der Waals surface area contributed by atoms with Crippen LogP contribution in [0.4, 0.5) is 6.01 Å². The topological polar surface area (TPSA) is 85.8 Å². The summed E-state index contributed by atoms with van der Waals surface area (Å²) < 4.78 is 7.18. The molecule has 2 aromatic heterocycles. The second-order valence-electron chi connectivity index (χ2n) is 5.72. The highest BCUT2D eigenvalue weighted by molar-refractivity contribution is 6.05. The van der Waals surface area contributed by atoms with E-state index in [-0.39, 0.29) is 11.9 Å². The molecule has 124 valence electrons. The van der Waals surface area contributed by atoms with Crippen LogP contribution in [0.15, 0.2) is 52.9 Å². The lowest BCUT2D eigenvalue weighted by Gasteiger charge is -2.03. The molecule has 0 unspecified atom stereocenters. The zero-order valence-corrected chi connectivity index (χ0v) is 13.7. The summed E-state index contributed by atoms with van der Waals surface area (Å²) in [5.74, 6) is -0.000879. The predicted octanol–water partition coefficient (Wildman–Crippen LogP) is 3.18. The van der Waals surface area contributed by atoms with Crippen LogP contribution in [0.5, 0.6) is 0 Å². The summed E-state index contributed by atoms with van der Waals surface area (Å²) in [5.41, 5.74) is 2.06. The van der Waals surface area contributed by atoms with E-state index in [1.54, 1.807) is 17.8 Å². The summed E-state index contributed by atoms with van der Waals surface area (Å²) in [4.78, 5) is 12.4. The number of rotatable bonds is 3. The third-order valence-electron chi connectivity index (χ3n) is 3.88. The molecule has 0 aliphatic carbocycles. The van der Waals surface area contributed by atoms with Gasteiger partial charge in [-0.3, -0.25) is 14.8 Å². The molecule has 0 spiro atoms. The second kappa shape index (κ2) is 5.86. The van der Waals surface area contributed by atoms with Gasteiger partial charge in [-0.2, -0.15) is 5.10 Å². The van der Waals surface area contributed by atoms with Crippen LogP contribution in [0.25, 0.3) is 22.4 Å². The van der Waals surface area contributed by atoms with Crippen molar-refractivity contribution in [2.24, 2.45) is 7.05 Å². The van der Waals surface area contributed by atoms with Crippen molar-refractivity contribution < 1.29 is 9.21 Å². The van der Waals surface area contributed by atoms with Gasteiger partial charge in [0, 0.05) is 12.6 Å². The Hall–Kier alpha value is -3.48. The van der Waals surface area contributed by atoms with E-state index in [1.807, 2.05) is 49.4 Å². The van der Waals surface area contributed by atoms with Crippen molar-refractivity contribution in [2.75, 3.05) is 5.32 Å². The fraction of sp³-hybridized carbons (Fsp3) is 0.111. The van der Waals surface area contributed by atoms with Gasteiger partial charge in [0.05, 0.1) is 5.69 Å². The lowest BCUT2D eigenvalue weighted by Crippen LogP contribution is -2.12. The molecule has 0 atom stereocenters. The first-order valence-electron chi connectivity index (χ1n) is 7.75. The zero-order valence-electron chi connectivity index (χ0n) is 13.7. The van der Waals surface area contributed by atoms with Gasteiger partial charge >= 0.3 is 6.01 Å². The third-order valence-corrected chi connectivity index (χ3v) is 3.88. The van der Waals surface area contributed by atoms with Crippen LogP contribution in [0, 0.1) is 6.92 Å². The van der Waals surface area contributed by atoms with Gasteiger partial charge in [-0.05, 0) is 35.9 Å². The van der Waals surface area contributed by atoms with Gasteiger partial charge in [0.15, 0.2) is 0 Å². The van der Waals surface area contributed by atoms with Crippen LogP contribution in [0.1, 0.15) is 16.1 Å². The van der Waals surface area contributed by atoms with Crippen LogP contribution in [-0.4, -0.2) is 25.9 Å². The van der Waals surface area contributed by atoms with Gasteiger partial charge < -0.3 is 4.42 Å². The highest BCUT2D eigenvalue weighted by atomic mass is 16.4. The van der Waals surface area contributed by atoms with Crippen molar-refractivity contribution in [3.05, 3.63) is 59.8 Å². The SMILES string of the molecule is Cc1cc(-c2nnc(NC(=O)c3ccc4ccccc4c3)o2)n(C)n1. The summed E-state index contributed by atoms with van der Waals surface area (Å²) >= 11 is 0. The van der Waals surface area contributed by atoms with Crippen molar-refractivity contribution in [2.45, 2.75) is 6.92 Å². The van der Waals surface area contributed by atoms with Gasteiger partial charge in [-0.1, -0.05) is 35.4 Å². The Bertz CT molecular complexity index is 1080. The molecule has 0 aliphatic heterocycles. The fourth-order valence-corrected chi connectivity index (χ4v) is 2.69. The Morgan fingerprint density at radius 2 is 1.88 bits per heavy atom. The molecule has 4 aromatic rings. The van der Waals surface area contributed by atoms with Gasteiger partial charge in [0.1, 0.15) is 5.69 Å². The molecule has 7 heteroatoms. The van der Waals surface area contributed by atoms with Gasteiger partial charge in [-0.25, -0.2) is 0 Å². The summed E-state index contributed by atoms with van der Waals surface area (Å²) in [6, 6.07) is 15.2. The molecule has 1 amide bonds.